The molecule has 0 aliphatic carbocycles. The summed E-state index contributed by atoms with van der Waals surface area (Å²) in [4.78, 5) is 12.9. The minimum absolute atomic E-state index is 0.342. The Bertz CT molecular complexity index is 370. The highest BCUT2D eigenvalue weighted by Gasteiger charge is 1.96. The van der Waals surface area contributed by atoms with Crippen LogP contribution in [0.4, 0.5) is 5.69 Å². The predicted octanol–water partition coefficient (Wildman–Crippen LogP) is 1.94. The highest BCUT2D eigenvalue weighted by atomic mass is 16.5. The molecule has 80 valence electrons. The lowest BCUT2D eigenvalue weighted by Gasteiger charge is -2.12. The van der Waals surface area contributed by atoms with Gasteiger partial charge in [-0.1, -0.05) is 12.1 Å². The molecule has 0 aliphatic rings. The Morgan fingerprint density at radius 1 is 1.40 bits per heavy atom. The maximum Gasteiger partial charge on any atom is 0.330 e. The zero-order valence-electron chi connectivity index (χ0n) is 9.23. The third-order valence-corrected chi connectivity index (χ3v) is 2.00. The number of anilines is 1. The minimum atomic E-state index is -0.342. The molecule has 0 fully saturated rings. The van der Waals surface area contributed by atoms with Gasteiger partial charge < -0.3 is 9.64 Å². The van der Waals surface area contributed by atoms with Crippen LogP contribution in [0.3, 0.4) is 0 Å². The largest absolute Gasteiger partial charge is 0.466 e. The Morgan fingerprint density at radius 3 is 2.73 bits per heavy atom. The van der Waals surface area contributed by atoms with Crippen molar-refractivity contribution >= 4 is 17.7 Å². The predicted molar refractivity (Wildman–Crippen MR) is 61.8 cm³/mol. The van der Waals surface area contributed by atoms with Crippen molar-refractivity contribution in [2.45, 2.75) is 0 Å². The van der Waals surface area contributed by atoms with Crippen LogP contribution in [0, 0.1) is 0 Å². The average molecular weight is 205 g/mol. The third kappa shape index (κ3) is 3.46. The quantitative estimate of drug-likeness (QED) is 0.558. The van der Waals surface area contributed by atoms with Crippen molar-refractivity contribution in [2.75, 3.05) is 26.1 Å². The van der Waals surface area contributed by atoms with Crippen molar-refractivity contribution in [1.82, 2.24) is 0 Å². The third-order valence-electron chi connectivity index (χ3n) is 2.00. The van der Waals surface area contributed by atoms with Crippen molar-refractivity contribution < 1.29 is 9.53 Å². The van der Waals surface area contributed by atoms with Gasteiger partial charge in [0, 0.05) is 25.9 Å². The molecule has 3 nitrogen and oxygen atoms in total. The summed E-state index contributed by atoms with van der Waals surface area (Å²) >= 11 is 0. The van der Waals surface area contributed by atoms with E-state index in [0.717, 1.165) is 11.3 Å². The van der Waals surface area contributed by atoms with E-state index in [9.17, 15) is 4.79 Å². The molecule has 1 rings (SSSR count). The van der Waals surface area contributed by atoms with Crippen LogP contribution in [-0.4, -0.2) is 27.2 Å². The summed E-state index contributed by atoms with van der Waals surface area (Å²) in [6.07, 6.45) is 3.15. The number of rotatable bonds is 3. The van der Waals surface area contributed by atoms with E-state index in [0.29, 0.717) is 0 Å². The average Bonchev–Trinajstić information content (AvgIpc) is 2.26. The van der Waals surface area contributed by atoms with E-state index in [1.807, 2.05) is 43.3 Å². The van der Waals surface area contributed by atoms with Crippen LogP contribution in [0.5, 0.6) is 0 Å². The number of carbonyl (C=O) groups is 1. The lowest BCUT2D eigenvalue weighted by molar-refractivity contribution is -0.134. The Hall–Kier alpha value is -1.77. The van der Waals surface area contributed by atoms with Gasteiger partial charge in [-0.2, -0.15) is 0 Å². The van der Waals surface area contributed by atoms with Crippen LogP contribution in [0.1, 0.15) is 5.56 Å². The zero-order valence-corrected chi connectivity index (χ0v) is 9.23. The summed E-state index contributed by atoms with van der Waals surface area (Å²) < 4.78 is 4.51. The van der Waals surface area contributed by atoms with Gasteiger partial charge in [0.2, 0.25) is 0 Å². The molecule has 0 unspecified atom stereocenters. The number of esters is 1. The summed E-state index contributed by atoms with van der Waals surface area (Å²) in [5, 5.41) is 0. The summed E-state index contributed by atoms with van der Waals surface area (Å²) in [5.41, 5.74) is 2.08. The first-order chi connectivity index (χ1) is 7.13. The van der Waals surface area contributed by atoms with Crippen molar-refractivity contribution in [1.29, 1.82) is 0 Å². The summed E-state index contributed by atoms with van der Waals surface area (Å²) in [7, 11) is 5.31. The Balaban J connectivity index is 2.82. The first-order valence-electron chi connectivity index (χ1n) is 4.67. The van der Waals surface area contributed by atoms with Gasteiger partial charge in [-0.25, -0.2) is 4.79 Å². The lowest BCUT2D eigenvalue weighted by Crippen LogP contribution is -2.08. The van der Waals surface area contributed by atoms with Crippen LogP contribution in [0.25, 0.3) is 6.08 Å². The van der Waals surface area contributed by atoms with Gasteiger partial charge in [-0.05, 0) is 23.8 Å². The first-order valence-corrected chi connectivity index (χ1v) is 4.67. The highest BCUT2D eigenvalue weighted by molar-refractivity contribution is 5.87. The van der Waals surface area contributed by atoms with E-state index in [4.69, 9.17) is 0 Å². The molecule has 0 aromatic heterocycles. The standard InChI is InChI=1S/C12H15NO2/c1-13(2)11-6-4-5-10(9-11)7-8-12(14)15-3/h4-9H,1-3H3/b8-7+. The van der Waals surface area contributed by atoms with E-state index in [-0.39, 0.29) is 5.97 Å². The normalized spacial score (nSPS) is 10.3. The number of carbonyl (C=O) groups excluding carboxylic acids is 1. The SMILES string of the molecule is COC(=O)/C=C/c1cccc(N(C)C)c1. The molecule has 0 heterocycles. The number of ether oxygens (including phenoxy) is 1. The van der Waals surface area contributed by atoms with Crippen molar-refractivity contribution in [2.24, 2.45) is 0 Å². The molecular formula is C12H15NO2. The number of benzene rings is 1. The number of hydrogen-bond donors (Lipinski definition) is 0. The molecule has 0 N–H and O–H groups in total. The second kappa shape index (κ2) is 5.20. The maximum atomic E-state index is 10.9. The van der Waals surface area contributed by atoms with Crippen molar-refractivity contribution in [3.63, 3.8) is 0 Å². The Morgan fingerprint density at radius 2 is 2.13 bits per heavy atom. The Kier molecular flexibility index (Phi) is 3.92. The number of methoxy groups -OCH3 is 1. The number of hydrogen-bond acceptors (Lipinski definition) is 3. The van der Waals surface area contributed by atoms with Gasteiger partial charge in [0.25, 0.3) is 0 Å². The maximum absolute atomic E-state index is 10.9. The Labute approximate surface area is 90.0 Å². The fourth-order valence-electron chi connectivity index (χ4n) is 1.14. The fraction of sp³-hybridized carbons (Fsp3) is 0.250. The topological polar surface area (TPSA) is 29.5 Å². The summed E-state index contributed by atoms with van der Waals surface area (Å²) in [6.45, 7) is 0. The van der Waals surface area contributed by atoms with Crippen LogP contribution in [-0.2, 0) is 9.53 Å². The summed E-state index contributed by atoms with van der Waals surface area (Å²) in [5.74, 6) is -0.342. The molecule has 15 heavy (non-hydrogen) atoms. The smallest absolute Gasteiger partial charge is 0.330 e. The van der Waals surface area contributed by atoms with E-state index in [2.05, 4.69) is 4.74 Å². The molecule has 0 saturated heterocycles. The molecule has 0 aliphatic heterocycles. The second-order valence-corrected chi connectivity index (χ2v) is 3.35. The van der Waals surface area contributed by atoms with E-state index >= 15 is 0 Å². The van der Waals surface area contributed by atoms with Crippen LogP contribution in [0.15, 0.2) is 30.3 Å². The van der Waals surface area contributed by atoms with Crippen LogP contribution < -0.4 is 4.90 Å². The number of nitrogens with zero attached hydrogens (tertiary/aromatic N) is 1. The second-order valence-electron chi connectivity index (χ2n) is 3.35. The van der Waals surface area contributed by atoms with Gasteiger partial charge in [-0.3, -0.25) is 0 Å². The van der Waals surface area contributed by atoms with Crippen molar-refractivity contribution in [3.05, 3.63) is 35.9 Å². The van der Waals surface area contributed by atoms with Crippen molar-refractivity contribution in [3.8, 4) is 0 Å². The molecule has 3 heteroatoms. The molecular weight excluding hydrogens is 190 g/mol. The van der Waals surface area contributed by atoms with Gasteiger partial charge >= 0.3 is 5.97 Å². The van der Waals surface area contributed by atoms with Gasteiger partial charge in [-0.15, -0.1) is 0 Å². The molecule has 1 aromatic carbocycles. The zero-order chi connectivity index (χ0) is 11.3. The molecule has 0 bridgehead atoms. The van der Waals surface area contributed by atoms with Gasteiger partial charge in [0.1, 0.15) is 0 Å². The molecule has 1 aromatic rings. The van der Waals surface area contributed by atoms with E-state index in [1.165, 1.54) is 13.2 Å². The van der Waals surface area contributed by atoms with E-state index in [1.54, 1.807) is 6.08 Å². The molecule has 0 amide bonds. The minimum Gasteiger partial charge on any atom is -0.466 e. The van der Waals surface area contributed by atoms with Crippen LogP contribution >= 0.6 is 0 Å². The van der Waals surface area contributed by atoms with Gasteiger partial charge in [0.15, 0.2) is 0 Å². The monoisotopic (exact) mass is 205 g/mol. The molecule has 0 saturated carbocycles. The van der Waals surface area contributed by atoms with Crippen LogP contribution in [0.2, 0.25) is 0 Å². The fourth-order valence-corrected chi connectivity index (χ4v) is 1.14. The molecule has 0 radical (unpaired) electrons. The van der Waals surface area contributed by atoms with E-state index < -0.39 is 0 Å². The highest BCUT2D eigenvalue weighted by Crippen LogP contribution is 2.14. The molecule has 0 spiro atoms. The summed E-state index contributed by atoms with van der Waals surface area (Å²) in [6, 6.07) is 7.90. The lowest BCUT2D eigenvalue weighted by atomic mass is 10.2. The molecule has 0 atom stereocenters. The first kappa shape index (κ1) is 11.3. The van der Waals surface area contributed by atoms with Gasteiger partial charge in [0.05, 0.1) is 7.11 Å².